The summed E-state index contributed by atoms with van der Waals surface area (Å²) >= 11 is 5.61. The van der Waals surface area contributed by atoms with Crippen molar-refractivity contribution in [3.05, 3.63) is 29.8 Å². The first-order valence-electron chi connectivity index (χ1n) is 4.78. The molecule has 1 rings (SSSR count). The quantitative estimate of drug-likeness (QED) is 0.605. The van der Waals surface area contributed by atoms with E-state index in [0.717, 1.165) is 5.56 Å². The number of hydrogen-bond acceptors (Lipinski definition) is 2. The molecular weight excluding hydrogens is 257 g/mol. The topological polar surface area (TPSA) is 26.3 Å². The first-order chi connectivity index (χ1) is 7.90. The fourth-order valence-corrected chi connectivity index (χ4v) is 1.34. The fraction of sp³-hybridized carbons (Fsp3) is 0.364. The molecule has 0 fully saturated rings. The Kier molecular flexibility index (Phi) is 4.81. The van der Waals surface area contributed by atoms with Crippen molar-refractivity contribution in [3.8, 4) is 5.75 Å². The Morgan fingerprint density at radius 3 is 2.35 bits per heavy atom. The van der Waals surface area contributed by atoms with Crippen LogP contribution in [-0.2, 0) is 11.2 Å². The molecule has 0 radical (unpaired) electrons. The lowest BCUT2D eigenvalue weighted by Gasteiger charge is -2.09. The first-order valence-corrected chi connectivity index (χ1v) is 5.22. The SMILES string of the molecule is O=CC(Cl)Cc1ccc(OCC(F)(F)F)cc1. The summed E-state index contributed by atoms with van der Waals surface area (Å²) in [5, 5.41) is -0.628. The molecule has 0 saturated heterocycles. The van der Waals surface area contributed by atoms with Crippen LogP contribution >= 0.6 is 11.6 Å². The van der Waals surface area contributed by atoms with Crippen LogP contribution in [0.3, 0.4) is 0 Å². The first kappa shape index (κ1) is 13.8. The van der Waals surface area contributed by atoms with Gasteiger partial charge in [0.2, 0.25) is 0 Å². The summed E-state index contributed by atoms with van der Waals surface area (Å²) in [4.78, 5) is 10.3. The zero-order valence-corrected chi connectivity index (χ0v) is 9.46. The molecule has 0 aliphatic carbocycles. The van der Waals surface area contributed by atoms with Gasteiger partial charge in [-0.05, 0) is 24.1 Å². The minimum absolute atomic E-state index is 0.128. The molecule has 1 aromatic rings. The average molecular weight is 267 g/mol. The molecule has 0 aliphatic rings. The highest BCUT2D eigenvalue weighted by molar-refractivity contribution is 6.27. The third-order valence-electron chi connectivity index (χ3n) is 1.90. The van der Waals surface area contributed by atoms with Gasteiger partial charge >= 0.3 is 6.18 Å². The summed E-state index contributed by atoms with van der Waals surface area (Å²) in [6.45, 7) is -1.32. The van der Waals surface area contributed by atoms with Crippen LogP contribution in [0.25, 0.3) is 0 Å². The lowest BCUT2D eigenvalue weighted by Crippen LogP contribution is -2.19. The van der Waals surface area contributed by atoms with Crippen molar-refractivity contribution in [2.45, 2.75) is 18.0 Å². The van der Waals surface area contributed by atoms with E-state index in [9.17, 15) is 18.0 Å². The van der Waals surface area contributed by atoms with Crippen LogP contribution in [0.4, 0.5) is 13.2 Å². The highest BCUT2D eigenvalue weighted by Crippen LogP contribution is 2.19. The number of carbonyl (C=O) groups is 1. The van der Waals surface area contributed by atoms with E-state index in [-0.39, 0.29) is 5.75 Å². The maximum Gasteiger partial charge on any atom is 0.422 e. The van der Waals surface area contributed by atoms with Gasteiger partial charge in [-0.3, -0.25) is 0 Å². The smallest absolute Gasteiger partial charge is 0.422 e. The number of rotatable bonds is 5. The van der Waals surface area contributed by atoms with Crippen LogP contribution in [-0.4, -0.2) is 24.4 Å². The van der Waals surface area contributed by atoms with Crippen molar-refractivity contribution in [1.29, 1.82) is 0 Å². The van der Waals surface area contributed by atoms with Crippen LogP contribution in [0, 0.1) is 0 Å². The average Bonchev–Trinajstić information content (AvgIpc) is 2.27. The molecule has 1 atom stereocenters. The van der Waals surface area contributed by atoms with Gasteiger partial charge < -0.3 is 9.53 Å². The lowest BCUT2D eigenvalue weighted by molar-refractivity contribution is -0.153. The van der Waals surface area contributed by atoms with Crippen molar-refractivity contribution < 1.29 is 22.7 Å². The molecule has 17 heavy (non-hydrogen) atoms. The molecule has 0 saturated carbocycles. The van der Waals surface area contributed by atoms with Gasteiger partial charge in [0.15, 0.2) is 6.61 Å². The van der Waals surface area contributed by atoms with Crippen LogP contribution in [0.15, 0.2) is 24.3 Å². The zero-order valence-electron chi connectivity index (χ0n) is 8.71. The van der Waals surface area contributed by atoms with Crippen molar-refractivity contribution in [2.75, 3.05) is 6.61 Å². The normalized spacial score (nSPS) is 13.2. The maximum atomic E-state index is 11.9. The van der Waals surface area contributed by atoms with E-state index in [1.54, 1.807) is 12.1 Å². The summed E-state index contributed by atoms with van der Waals surface area (Å²) in [7, 11) is 0. The largest absolute Gasteiger partial charge is 0.484 e. The van der Waals surface area contributed by atoms with E-state index in [1.807, 2.05) is 0 Å². The maximum absolute atomic E-state index is 11.9. The van der Waals surface area contributed by atoms with Crippen molar-refractivity contribution in [2.24, 2.45) is 0 Å². The standard InChI is InChI=1S/C11H10ClF3O2/c12-9(6-16)5-8-1-3-10(4-2-8)17-7-11(13,14)15/h1-4,6,9H,5,7H2. The molecule has 1 aromatic carbocycles. The number of halogens is 4. The molecule has 0 bridgehead atoms. The predicted molar refractivity (Wildman–Crippen MR) is 57.4 cm³/mol. The summed E-state index contributed by atoms with van der Waals surface area (Å²) in [6, 6.07) is 5.97. The monoisotopic (exact) mass is 266 g/mol. The Hall–Kier alpha value is -1.23. The summed E-state index contributed by atoms with van der Waals surface area (Å²) < 4.78 is 40.1. The molecule has 0 aliphatic heterocycles. The van der Waals surface area contributed by atoms with Gasteiger partial charge in [-0.15, -0.1) is 11.6 Å². The highest BCUT2D eigenvalue weighted by atomic mass is 35.5. The Morgan fingerprint density at radius 1 is 1.29 bits per heavy atom. The second-order valence-corrected chi connectivity index (χ2v) is 3.96. The molecule has 1 unspecified atom stereocenters. The summed E-state index contributed by atoms with van der Waals surface area (Å²) in [5.41, 5.74) is 0.761. The lowest BCUT2D eigenvalue weighted by atomic mass is 10.1. The highest BCUT2D eigenvalue weighted by Gasteiger charge is 2.28. The van der Waals surface area contributed by atoms with Gasteiger partial charge in [-0.1, -0.05) is 12.1 Å². The third-order valence-corrected chi connectivity index (χ3v) is 2.16. The van der Waals surface area contributed by atoms with E-state index in [2.05, 4.69) is 4.74 Å². The Bertz CT molecular complexity index is 362. The molecular formula is C11H10ClF3O2. The van der Waals surface area contributed by atoms with Gasteiger partial charge in [0.1, 0.15) is 12.0 Å². The fourth-order valence-electron chi connectivity index (χ4n) is 1.16. The molecule has 0 amide bonds. The number of carbonyl (C=O) groups excluding carboxylic acids is 1. The number of aldehydes is 1. The van der Waals surface area contributed by atoms with Crippen molar-refractivity contribution in [1.82, 2.24) is 0 Å². The number of ether oxygens (including phenoxy) is 1. The summed E-state index contributed by atoms with van der Waals surface area (Å²) in [5.74, 6) is 0.128. The zero-order chi connectivity index (χ0) is 12.9. The van der Waals surface area contributed by atoms with Crippen LogP contribution < -0.4 is 4.74 Å². The second kappa shape index (κ2) is 5.91. The van der Waals surface area contributed by atoms with Gasteiger partial charge in [0.25, 0.3) is 0 Å². The molecule has 0 aromatic heterocycles. The Balaban J connectivity index is 2.53. The molecule has 0 N–H and O–H groups in total. The van der Waals surface area contributed by atoms with Gasteiger partial charge in [-0.2, -0.15) is 13.2 Å². The van der Waals surface area contributed by atoms with E-state index < -0.39 is 18.2 Å². The minimum atomic E-state index is -4.35. The molecule has 0 spiro atoms. The Morgan fingerprint density at radius 2 is 1.88 bits per heavy atom. The van der Waals surface area contributed by atoms with Crippen molar-refractivity contribution >= 4 is 17.9 Å². The predicted octanol–water partition coefficient (Wildman–Crippen LogP) is 2.98. The summed E-state index contributed by atoms with van der Waals surface area (Å²) in [6.07, 6.45) is -3.41. The van der Waals surface area contributed by atoms with E-state index in [4.69, 9.17) is 11.6 Å². The molecule has 6 heteroatoms. The number of benzene rings is 1. The van der Waals surface area contributed by atoms with E-state index in [0.29, 0.717) is 12.7 Å². The van der Waals surface area contributed by atoms with Gasteiger partial charge in [-0.25, -0.2) is 0 Å². The minimum Gasteiger partial charge on any atom is -0.484 e. The molecule has 94 valence electrons. The van der Waals surface area contributed by atoms with Gasteiger partial charge in [0, 0.05) is 0 Å². The van der Waals surface area contributed by atoms with Crippen LogP contribution in [0.5, 0.6) is 5.75 Å². The van der Waals surface area contributed by atoms with E-state index >= 15 is 0 Å². The van der Waals surface area contributed by atoms with Gasteiger partial charge in [0.05, 0.1) is 5.38 Å². The number of hydrogen-bond donors (Lipinski definition) is 0. The number of alkyl halides is 4. The van der Waals surface area contributed by atoms with Crippen LogP contribution in [0.2, 0.25) is 0 Å². The Labute approximate surface area is 101 Å². The second-order valence-electron chi connectivity index (χ2n) is 3.40. The van der Waals surface area contributed by atoms with Crippen LogP contribution in [0.1, 0.15) is 5.56 Å². The molecule has 0 heterocycles. The molecule has 2 nitrogen and oxygen atoms in total. The third kappa shape index (κ3) is 5.58. The van der Waals surface area contributed by atoms with Crippen molar-refractivity contribution in [3.63, 3.8) is 0 Å². The van der Waals surface area contributed by atoms with E-state index in [1.165, 1.54) is 12.1 Å².